The number of rotatable bonds is 17. The van der Waals surface area contributed by atoms with Gasteiger partial charge in [0.1, 0.15) is 13.2 Å². The van der Waals surface area contributed by atoms with Crippen LogP contribution in [0.25, 0.3) is 0 Å². The van der Waals surface area contributed by atoms with E-state index in [0.29, 0.717) is 42.0 Å². The quantitative estimate of drug-likeness (QED) is 0.0767. The molecule has 0 saturated carbocycles. The zero-order valence-electron chi connectivity index (χ0n) is 32.5. The number of hydrogen-bond acceptors (Lipinski definition) is 12. The zero-order valence-corrected chi connectivity index (χ0v) is 32.5. The molecule has 0 spiro atoms. The molecule has 3 N–H and O–H groups in total. The summed E-state index contributed by atoms with van der Waals surface area (Å²) in [5, 5.41) is 14.3. The molecule has 2 aliphatic heterocycles. The maximum Gasteiger partial charge on any atom is 0.422 e. The summed E-state index contributed by atoms with van der Waals surface area (Å²) < 4.78 is 26.2. The van der Waals surface area contributed by atoms with E-state index >= 15 is 0 Å². The minimum absolute atomic E-state index is 0.0219. The Morgan fingerprint density at radius 2 is 1.12 bits per heavy atom. The van der Waals surface area contributed by atoms with Gasteiger partial charge in [-0.3, -0.25) is 20.2 Å². The monoisotopic (exact) mass is 808 g/mol. The summed E-state index contributed by atoms with van der Waals surface area (Å²) in [6.45, 7) is 3.20. The number of carbonyl (C=O) groups excluding carboxylic acids is 6. The van der Waals surface area contributed by atoms with E-state index < -0.39 is 54.5 Å². The van der Waals surface area contributed by atoms with Crippen molar-refractivity contribution in [3.63, 3.8) is 0 Å². The maximum atomic E-state index is 12.6. The van der Waals surface area contributed by atoms with Crippen molar-refractivity contribution in [2.24, 2.45) is 0 Å². The van der Waals surface area contributed by atoms with Gasteiger partial charge in [-0.05, 0) is 110 Å². The molecule has 0 bridgehead atoms. The van der Waals surface area contributed by atoms with E-state index in [-0.39, 0.29) is 32.8 Å². The van der Waals surface area contributed by atoms with Gasteiger partial charge >= 0.3 is 24.4 Å². The number of nitrogens with one attached hydrogen (secondary N) is 2. The maximum absolute atomic E-state index is 12.6. The number of cyclic esters (lactones) is 2. The van der Waals surface area contributed by atoms with Crippen molar-refractivity contribution < 1.29 is 57.6 Å². The normalized spacial score (nSPS) is 16.7. The number of nitrogens with zero attached hydrogens (tertiary/aromatic N) is 2. The van der Waals surface area contributed by atoms with Crippen LogP contribution in [0.4, 0.5) is 41.9 Å². The van der Waals surface area contributed by atoms with Crippen LogP contribution >= 0.6 is 0 Å². The molecule has 6 rings (SSSR count). The van der Waals surface area contributed by atoms with Gasteiger partial charge in [-0.25, -0.2) is 29.0 Å². The lowest BCUT2D eigenvalue weighted by Crippen LogP contribution is -2.31. The van der Waals surface area contributed by atoms with Crippen LogP contribution in [-0.4, -0.2) is 86.0 Å². The second kappa shape index (κ2) is 19.6. The molecule has 2 saturated heterocycles. The fraction of sp³-hybridized carbons (Fsp3) is 0.302. The SMILES string of the molecule is CC(COC(=O)Nc1ccc(Cc2ccc(N3C(=O)OC(CCCO)C3=O)cc2)cc1)OCCOC(=O)Nc1ccc(Cc2ccc(N3C(=O)OC(C)C3=O)cc2)cc1. The zero-order chi connectivity index (χ0) is 41.9. The molecule has 0 aromatic heterocycles. The van der Waals surface area contributed by atoms with E-state index in [1.807, 2.05) is 48.5 Å². The first-order chi connectivity index (χ1) is 28.5. The molecule has 4 aromatic carbocycles. The molecule has 3 unspecified atom stereocenters. The summed E-state index contributed by atoms with van der Waals surface area (Å²) in [7, 11) is 0. The van der Waals surface area contributed by atoms with E-state index in [1.165, 1.54) is 6.92 Å². The van der Waals surface area contributed by atoms with E-state index in [0.717, 1.165) is 32.1 Å². The number of imide groups is 2. The van der Waals surface area contributed by atoms with Crippen molar-refractivity contribution in [3.05, 3.63) is 119 Å². The number of ether oxygens (including phenoxy) is 5. The first-order valence-electron chi connectivity index (χ1n) is 19.0. The van der Waals surface area contributed by atoms with Gasteiger partial charge in [0.2, 0.25) is 0 Å². The highest BCUT2D eigenvalue weighted by Gasteiger charge is 2.41. The average molecular weight is 809 g/mol. The third-order valence-electron chi connectivity index (χ3n) is 9.35. The van der Waals surface area contributed by atoms with Gasteiger partial charge in [0, 0.05) is 18.0 Å². The lowest BCUT2D eigenvalue weighted by atomic mass is 10.0. The highest BCUT2D eigenvalue weighted by Crippen LogP contribution is 2.27. The van der Waals surface area contributed by atoms with E-state index in [2.05, 4.69) is 10.6 Å². The van der Waals surface area contributed by atoms with E-state index in [9.17, 15) is 28.8 Å². The summed E-state index contributed by atoms with van der Waals surface area (Å²) in [5.41, 5.74) is 5.79. The highest BCUT2D eigenvalue weighted by atomic mass is 16.6. The first-order valence-corrected chi connectivity index (χ1v) is 19.0. The standard InChI is InChI=1S/C43H44N4O12/c1-27(55-22-23-56-40(51)44-33-13-5-29(6-14-33)24-31-9-17-35(18-10-31)46-38(49)28(2)58-42(46)53)26-57-41(52)45-34-15-7-30(8-16-34)25-32-11-19-36(20-12-32)47-39(50)37(4-3-21-48)59-43(47)54/h5-20,27-28,37,48H,3-4,21-26H2,1-2H3,(H,44,51)(H,45,52). The smallest absolute Gasteiger partial charge is 0.422 e. The molecule has 2 heterocycles. The molecule has 6 amide bonds. The van der Waals surface area contributed by atoms with Crippen molar-refractivity contribution in [3.8, 4) is 0 Å². The Hall–Kier alpha value is -6.78. The Bertz CT molecular complexity index is 2130. The molecule has 16 heteroatoms. The predicted molar refractivity (Wildman–Crippen MR) is 214 cm³/mol. The molecule has 2 fully saturated rings. The Morgan fingerprint density at radius 1 is 0.661 bits per heavy atom. The first kappa shape index (κ1) is 41.8. The molecule has 308 valence electrons. The summed E-state index contributed by atoms with van der Waals surface area (Å²) in [5.74, 6) is -0.849. The van der Waals surface area contributed by atoms with E-state index in [1.54, 1.807) is 55.5 Å². The van der Waals surface area contributed by atoms with Gasteiger partial charge in [-0.15, -0.1) is 0 Å². The summed E-state index contributed by atoms with van der Waals surface area (Å²) in [6, 6.07) is 28.5. The van der Waals surface area contributed by atoms with Crippen LogP contribution in [0.5, 0.6) is 0 Å². The van der Waals surface area contributed by atoms with Crippen LogP contribution in [0.3, 0.4) is 0 Å². The van der Waals surface area contributed by atoms with E-state index in [4.69, 9.17) is 28.8 Å². The second-order valence-electron chi connectivity index (χ2n) is 13.9. The Labute approximate surface area is 339 Å². The lowest BCUT2D eigenvalue weighted by Gasteiger charge is -2.14. The van der Waals surface area contributed by atoms with Crippen LogP contribution in [0.15, 0.2) is 97.1 Å². The lowest BCUT2D eigenvalue weighted by molar-refractivity contribution is -0.122. The molecular formula is C43H44N4O12. The van der Waals surface area contributed by atoms with Crippen LogP contribution in [-0.2, 0) is 46.1 Å². The van der Waals surface area contributed by atoms with Crippen molar-refractivity contribution in [2.45, 2.75) is 57.8 Å². The fourth-order valence-corrected chi connectivity index (χ4v) is 6.25. The van der Waals surface area contributed by atoms with Crippen molar-refractivity contribution in [1.82, 2.24) is 0 Å². The van der Waals surface area contributed by atoms with Crippen LogP contribution in [0.2, 0.25) is 0 Å². The molecular weight excluding hydrogens is 764 g/mol. The predicted octanol–water partition coefficient (Wildman–Crippen LogP) is 6.57. The number of aliphatic hydroxyl groups excluding tert-OH is 1. The molecule has 0 aliphatic carbocycles. The largest absolute Gasteiger partial charge is 0.447 e. The molecule has 59 heavy (non-hydrogen) atoms. The van der Waals surface area contributed by atoms with Crippen LogP contribution < -0.4 is 20.4 Å². The molecule has 0 radical (unpaired) electrons. The van der Waals surface area contributed by atoms with Gasteiger partial charge in [-0.1, -0.05) is 48.5 Å². The molecule has 4 aromatic rings. The molecule has 16 nitrogen and oxygen atoms in total. The van der Waals surface area contributed by atoms with Gasteiger partial charge in [-0.2, -0.15) is 0 Å². The number of benzene rings is 4. The Morgan fingerprint density at radius 3 is 1.59 bits per heavy atom. The number of amides is 6. The highest BCUT2D eigenvalue weighted by molar-refractivity contribution is 6.18. The fourth-order valence-electron chi connectivity index (χ4n) is 6.25. The minimum Gasteiger partial charge on any atom is -0.447 e. The Balaban J connectivity index is 0.836. The molecule has 3 atom stereocenters. The number of hydrogen-bond donors (Lipinski definition) is 3. The van der Waals surface area contributed by atoms with Gasteiger partial charge < -0.3 is 28.8 Å². The minimum atomic E-state index is -0.889. The van der Waals surface area contributed by atoms with Crippen molar-refractivity contribution in [1.29, 1.82) is 0 Å². The van der Waals surface area contributed by atoms with Gasteiger partial charge in [0.05, 0.1) is 24.1 Å². The average Bonchev–Trinajstić information content (AvgIpc) is 3.66. The van der Waals surface area contributed by atoms with Gasteiger partial charge in [0.25, 0.3) is 11.8 Å². The number of aliphatic hydroxyl groups is 1. The Kier molecular flexibility index (Phi) is 13.9. The molecule has 2 aliphatic rings. The second-order valence-corrected chi connectivity index (χ2v) is 13.9. The van der Waals surface area contributed by atoms with Crippen molar-refractivity contribution in [2.75, 3.05) is 46.9 Å². The summed E-state index contributed by atoms with van der Waals surface area (Å²) in [4.78, 5) is 75.7. The van der Waals surface area contributed by atoms with Crippen LogP contribution in [0, 0.1) is 0 Å². The van der Waals surface area contributed by atoms with Crippen molar-refractivity contribution >= 4 is 58.9 Å². The number of carbonyl (C=O) groups is 6. The summed E-state index contributed by atoms with van der Waals surface area (Å²) >= 11 is 0. The topological polar surface area (TPSA) is 199 Å². The van der Waals surface area contributed by atoms with Gasteiger partial charge in [0.15, 0.2) is 12.2 Å². The number of anilines is 4. The third kappa shape index (κ3) is 11.2. The van der Waals surface area contributed by atoms with Crippen LogP contribution in [0.1, 0.15) is 48.9 Å². The summed E-state index contributed by atoms with van der Waals surface area (Å²) in [6.07, 6.45) is -3.09. The third-order valence-corrected chi connectivity index (χ3v) is 9.35.